The number of aryl methyl sites for hydroxylation is 2. The summed E-state index contributed by atoms with van der Waals surface area (Å²) in [6.45, 7) is 4.06. The van der Waals surface area contributed by atoms with Gasteiger partial charge in [-0.3, -0.25) is 9.69 Å². The predicted octanol–water partition coefficient (Wildman–Crippen LogP) is 0.228. The number of carbonyl (C=O) groups is 2. The zero-order valence-electron chi connectivity index (χ0n) is 12.4. The van der Waals surface area contributed by atoms with Gasteiger partial charge in [-0.15, -0.1) is 0 Å². The van der Waals surface area contributed by atoms with Crippen LogP contribution in [-0.2, 0) is 14.8 Å². The summed E-state index contributed by atoms with van der Waals surface area (Å²) in [5.74, 6) is -0.307. The predicted molar refractivity (Wildman–Crippen MR) is 78.7 cm³/mol. The van der Waals surface area contributed by atoms with E-state index < -0.39 is 16.1 Å². The summed E-state index contributed by atoms with van der Waals surface area (Å²) >= 11 is 0. The van der Waals surface area contributed by atoms with E-state index in [1.807, 2.05) is 13.8 Å². The van der Waals surface area contributed by atoms with Crippen molar-refractivity contribution in [2.75, 3.05) is 19.6 Å². The fraction of sp³-hybridized carbons (Fsp3) is 0.429. The number of amides is 3. The first kappa shape index (κ1) is 15.0. The second-order valence-corrected chi connectivity index (χ2v) is 7.58. The van der Waals surface area contributed by atoms with Crippen molar-refractivity contribution in [2.45, 2.75) is 24.8 Å². The second-order valence-electron chi connectivity index (χ2n) is 5.64. The number of carbonyl (C=O) groups excluding carboxylic acids is 2. The highest BCUT2D eigenvalue weighted by Gasteiger charge is 2.45. The first-order valence-corrected chi connectivity index (χ1v) is 8.42. The van der Waals surface area contributed by atoms with Crippen LogP contribution in [0.2, 0.25) is 0 Å². The quantitative estimate of drug-likeness (QED) is 0.807. The van der Waals surface area contributed by atoms with E-state index in [9.17, 15) is 18.0 Å². The van der Waals surface area contributed by atoms with Crippen molar-refractivity contribution in [3.8, 4) is 0 Å². The fourth-order valence-corrected chi connectivity index (χ4v) is 4.20. The fourth-order valence-electron chi connectivity index (χ4n) is 2.60. The van der Waals surface area contributed by atoms with E-state index >= 15 is 0 Å². The summed E-state index contributed by atoms with van der Waals surface area (Å²) < 4.78 is 26.3. The minimum absolute atomic E-state index is 0.0146. The Bertz CT molecular complexity index is 737. The van der Waals surface area contributed by atoms with E-state index in [0.29, 0.717) is 0 Å². The maximum atomic E-state index is 12.5. The first-order valence-electron chi connectivity index (χ1n) is 6.98. The van der Waals surface area contributed by atoms with E-state index in [2.05, 4.69) is 5.32 Å². The normalized spacial score (nSPS) is 20.2. The highest BCUT2D eigenvalue weighted by atomic mass is 32.2. The third-order valence-electron chi connectivity index (χ3n) is 4.19. The topological polar surface area (TPSA) is 86.8 Å². The molecular formula is C14H17N3O4S. The molecule has 0 aromatic heterocycles. The molecule has 22 heavy (non-hydrogen) atoms. The third kappa shape index (κ3) is 2.28. The van der Waals surface area contributed by atoms with Crippen molar-refractivity contribution in [3.05, 3.63) is 29.3 Å². The average Bonchev–Trinajstić information content (AvgIpc) is 2.72. The lowest BCUT2D eigenvalue weighted by Gasteiger charge is -2.41. The van der Waals surface area contributed by atoms with Gasteiger partial charge in [0.2, 0.25) is 15.9 Å². The number of nitrogens with one attached hydrogen (secondary N) is 1. The van der Waals surface area contributed by atoms with Crippen LogP contribution in [-0.4, -0.2) is 55.2 Å². The number of imide groups is 1. The molecule has 1 aromatic rings. The van der Waals surface area contributed by atoms with Crippen molar-refractivity contribution >= 4 is 22.0 Å². The Hall–Kier alpha value is -1.93. The van der Waals surface area contributed by atoms with Gasteiger partial charge in [0.15, 0.2) is 0 Å². The van der Waals surface area contributed by atoms with Crippen LogP contribution >= 0.6 is 0 Å². The van der Waals surface area contributed by atoms with Gasteiger partial charge >= 0.3 is 6.03 Å². The monoisotopic (exact) mass is 323 g/mol. The number of hydrogen-bond donors (Lipinski definition) is 1. The molecule has 0 aliphatic carbocycles. The van der Waals surface area contributed by atoms with Crippen molar-refractivity contribution < 1.29 is 18.0 Å². The molecule has 3 rings (SSSR count). The molecule has 0 radical (unpaired) electrons. The number of urea groups is 1. The minimum Gasteiger partial charge on any atom is -0.329 e. The van der Waals surface area contributed by atoms with Crippen LogP contribution in [0.25, 0.3) is 0 Å². The Kier molecular flexibility index (Phi) is 3.45. The van der Waals surface area contributed by atoms with Gasteiger partial charge in [-0.2, -0.15) is 4.31 Å². The molecule has 0 bridgehead atoms. The molecule has 8 heteroatoms. The highest BCUT2D eigenvalue weighted by molar-refractivity contribution is 7.89. The molecule has 2 fully saturated rings. The van der Waals surface area contributed by atoms with Gasteiger partial charge in [-0.25, -0.2) is 13.2 Å². The van der Waals surface area contributed by atoms with Crippen molar-refractivity contribution in [3.63, 3.8) is 0 Å². The second kappa shape index (κ2) is 5.06. The van der Waals surface area contributed by atoms with Crippen LogP contribution in [0.4, 0.5) is 4.79 Å². The molecule has 0 atom stereocenters. The van der Waals surface area contributed by atoms with Gasteiger partial charge in [0, 0.05) is 13.1 Å². The standard InChI is InChI=1S/C14H17N3O4S/c1-9-3-4-12(5-10(9)2)22(20,21)16-7-11(8-16)17-13(18)6-15-14(17)19/h3-5,11H,6-8H2,1-2H3,(H,15,19). The SMILES string of the molecule is Cc1ccc(S(=O)(=O)N2CC(N3C(=O)CNC3=O)C2)cc1C. The van der Waals surface area contributed by atoms with Gasteiger partial charge in [0.1, 0.15) is 0 Å². The summed E-state index contributed by atoms with van der Waals surface area (Å²) in [6.07, 6.45) is 0. The van der Waals surface area contributed by atoms with Crippen LogP contribution in [0.3, 0.4) is 0 Å². The molecule has 0 saturated carbocycles. The van der Waals surface area contributed by atoms with E-state index in [0.717, 1.165) is 16.0 Å². The lowest BCUT2D eigenvalue weighted by molar-refractivity contribution is -0.128. The van der Waals surface area contributed by atoms with Crippen molar-refractivity contribution in [1.29, 1.82) is 0 Å². The van der Waals surface area contributed by atoms with Crippen LogP contribution in [0.15, 0.2) is 23.1 Å². The molecule has 1 N–H and O–H groups in total. The molecular weight excluding hydrogens is 306 g/mol. The molecule has 1 aromatic carbocycles. The smallest absolute Gasteiger partial charge is 0.324 e. The zero-order chi connectivity index (χ0) is 16.1. The summed E-state index contributed by atoms with van der Waals surface area (Å²) in [6, 6.07) is 4.18. The molecule has 7 nitrogen and oxygen atoms in total. The third-order valence-corrected chi connectivity index (χ3v) is 6.02. The summed E-state index contributed by atoms with van der Waals surface area (Å²) in [7, 11) is -3.58. The molecule has 2 saturated heterocycles. The Morgan fingerprint density at radius 2 is 1.82 bits per heavy atom. The lowest BCUT2D eigenvalue weighted by Crippen LogP contribution is -2.62. The average molecular weight is 323 g/mol. The van der Waals surface area contributed by atoms with Crippen LogP contribution in [0, 0.1) is 13.8 Å². The highest BCUT2D eigenvalue weighted by Crippen LogP contribution is 2.26. The minimum atomic E-state index is -3.58. The molecule has 2 aliphatic heterocycles. The molecule has 2 aliphatic rings. The van der Waals surface area contributed by atoms with Crippen LogP contribution in [0.1, 0.15) is 11.1 Å². The summed E-state index contributed by atoms with van der Waals surface area (Å²) in [5.41, 5.74) is 1.94. The first-order chi connectivity index (χ1) is 10.3. The number of benzene rings is 1. The van der Waals surface area contributed by atoms with E-state index in [-0.39, 0.29) is 36.5 Å². The van der Waals surface area contributed by atoms with Gasteiger partial charge in [0.05, 0.1) is 17.5 Å². The van der Waals surface area contributed by atoms with Gasteiger partial charge < -0.3 is 5.32 Å². The number of nitrogens with zero attached hydrogens (tertiary/aromatic N) is 2. The lowest BCUT2D eigenvalue weighted by atomic mass is 10.1. The number of rotatable bonds is 3. The molecule has 0 unspecified atom stereocenters. The molecule has 0 spiro atoms. The maximum Gasteiger partial charge on any atom is 0.324 e. The zero-order valence-corrected chi connectivity index (χ0v) is 13.2. The van der Waals surface area contributed by atoms with Gasteiger partial charge in [0.25, 0.3) is 0 Å². The maximum absolute atomic E-state index is 12.5. The Morgan fingerprint density at radius 1 is 1.14 bits per heavy atom. The Morgan fingerprint density at radius 3 is 2.36 bits per heavy atom. The van der Waals surface area contributed by atoms with Crippen molar-refractivity contribution in [1.82, 2.24) is 14.5 Å². The van der Waals surface area contributed by atoms with E-state index in [1.165, 1.54) is 4.31 Å². The number of hydrogen-bond acceptors (Lipinski definition) is 4. The number of sulfonamides is 1. The van der Waals surface area contributed by atoms with Crippen LogP contribution < -0.4 is 5.32 Å². The molecule has 118 valence electrons. The molecule has 3 amide bonds. The van der Waals surface area contributed by atoms with E-state index in [1.54, 1.807) is 18.2 Å². The van der Waals surface area contributed by atoms with Gasteiger partial charge in [-0.05, 0) is 37.1 Å². The largest absolute Gasteiger partial charge is 0.329 e. The summed E-state index contributed by atoms with van der Waals surface area (Å²) in [5, 5.41) is 2.44. The summed E-state index contributed by atoms with van der Waals surface area (Å²) in [4.78, 5) is 24.5. The van der Waals surface area contributed by atoms with E-state index in [4.69, 9.17) is 0 Å². The Labute approximate surface area is 128 Å². The van der Waals surface area contributed by atoms with Gasteiger partial charge in [-0.1, -0.05) is 6.07 Å². The van der Waals surface area contributed by atoms with Crippen LogP contribution in [0.5, 0.6) is 0 Å². The Balaban J connectivity index is 1.75. The molecule has 2 heterocycles. The van der Waals surface area contributed by atoms with Crippen molar-refractivity contribution in [2.24, 2.45) is 0 Å².